The second-order valence-electron chi connectivity index (χ2n) is 7.84. The Morgan fingerprint density at radius 3 is 2.68 bits per heavy atom. The van der Waals surface area contributed by atoms with Gasteiger partial charge >= 0.3 is 0 Å². The van der Waals surface area contributed by atoms with Crippen LogP contribution in [-0.2, 0) is 0 Å². The van der Waals surface area contributed by atoms with Crippen molar-refractivity contribution in [3.05, 3.63) is 65.5 Å². The standard InChI is InChI=1S/C24H20N4O2S/c1-15-17-7-6-16-4-2-3-5-18(16)21(17)30-20(15)24(29)28-11-9-27(10-12-28)22-19-8-13-31-23(19)26-14-25-22/h2-8,13-14H,9-12H2,1H3. The summed E-state index contributed by atoms with van der Waals surface area (Å²) in [6, 6.07) is 14.3. The topological polar surface area (TPSA) is 62.5 Å². The van der Waals surface area contributed by atoms with E-state index in [0.717, 1.165) is 56.4 Å². The Bertz CT molecular complexity index is 1450. The monoisotopic (exact) mass is 428 g/mol. The van der Waals surface area contributed by atoms with Crippen LogP contribution in [-0.4, -0.2) is 47.0 Å². The van der Waals surface area contributed by atoms with Gasteiger partial charge in [-0.3, -0.25) is 4.79 Å². The summed E-state index contributed by atoms with van der Waals surface area (Å²) in [6.07, 6.45) is 1.62. The summed E-state index contributed by atoms with van der Waals surface area (Å²) in [5.41, 5.74) is 1.70. The van der Waals surface area contributed by atoms with E-state index in [1.807, 2.05) is 41.5 Å². The van der Waals surface area contributed by atoms with Gasteiger partial charge in [0.05, 0.1) is 5.39 Å². The van der Waals surface area contributed by atoms with Crippen LogP contribution in [0.1, 0.15) is 16.1 Å². The van der Waals surface area contributed by atoms with Crippen LogP contribution >= 0.6 is 11.3 Å². The van der Waals surface area contributed by atoms with Crippen LogP contribution in [0.5, 0.6) is 0 Å². The zero-order chi connectivity index (χ0) is 20.9. The lowest BCUT2D eigenvalue weighted by atomic mass is 10.1. The maximum atomic E-state index is 13.3. The Balaban J connectivity index is 1.28. The average molecular weight is 429 g/mol. The van der Waals surface area contributed by atoms with Gasteiger partial charge in [0.15, 0.2) is 5.76 Å². The lowest BCUT2D eigenvalue weighted by molar-refractivity contribution is 0.0716. The first-order valence-corrected chi connectivity index (χ1v) is 11.2. The first kappa shape index (κ1) is 18.3. The molecule has 0 unspecified atom stereocenters. The lowest BCUT2D eigenvalue weighted by Gasteiger charge is -2.35. The number of rotatable bonds is 2. The largest absolute Gasteiger partial charge is 0.450 e. The molecule has 0 radical (unpaired) electrons. The third-order valence-electron chi connectivity index (χ3n) is 6.13. The first-order chi connectivity index (χ1) is 15.2. The summed E-state index contributed by atoms with van der Waals surface area (Å²) in [7, 11) is 0. The number of amides is 1. The van der Waals surface area contributed by atoms with Crippen molar-refractivity contribution in [2.75, 3.05) is 31.1 Å². The molecule has 0 atom stereocenters. The molecule has 5 aromatic rings. The summed E-state index contributed by atoms with van der Waals surface area (Å²) in [5, 5.41) is 6.27. The van der Waals surface area contributed by atoms with Gasteiger partial charge in [0, 0.05) is 42.5 Å². The van der Waals surface area contributed by atoms with Crippen molar-refractivity contribution in [1.29, 1.82) is 0 Å². The molecular weight excluding hydrogens is 408 g/mol. The molecule has 1 aliphatic heterocycles. The van der Waals surface area contributed by atoms with Crippen molar-refractivity contribution in [3.8, 4) is 0 Å². The van der Waals surface area contributed by atoms with Gasteiger partial charge < -0.3 is 14.2 Å². The van der Waals surface area contributed by atoms with Crippen molar-refractivity contribution in [2.45, 2.75) is 6.92 Å². The number of anilines is 1. The van der Waals surface area contributed by atoms with Gasteiger partial charge in [-0.05, 0) is 23.8 Å². The van der Waals surface area contributed by atoms with E-state index in [9.17, 15) is 4.79 Å². The Labute approximate surface area is 182 Å². The van der Waals surface area contributed by atoms with Gasteiger partial charge in [0.1, 0.15) is 22.6 Å². The molecule has 4 heterocycles. The van der Waals surface area contributed by atoms with Gasteiger partial charge in [-0.1, -0.05) is 36.4 Å². The van der Waals surface area contributed by atoms with E-state index >= 15 is 0 Å². The minimum Gasteiger partial charge on any atom is -0.450 e. The summed E-state index contributed by atoms with van der Waals surface area (Å²) < 4.78 is 6.16. The summed E-state index contributed by atoms with van der Waals surface area (Å²) in [5.74, 6) is 1.35. The molecule has 7 heteroatoms. The first-order valence-electron chi connectivity index (χ1n) is 10.3. The van der Waals surface area contributed by atoms with Gasteiger partial charge in [0.25, 0.3) is 5.91 Å². The van der Waals surface area contributed by atoms with Crippen molar-refractivity contribution < 1.29 is 9.21 Å². The molecule has 1 saturated heterocycles. The maximum absolute atomic E-state index is 13.3. The molecule has 0 aliphatic carbocycles. The smallest absolute Gasteiger partial charge is 0.290 e. The highest BCUT2D eigenvalue weighted by Gasteiger charge is 2.28. The maximum Gasteiger partial charge on any atom is 0.290 e. The molecule has 31 heavy (non-hydrogen) atoms. The normalized spacial score (nSPS) is 14.7. The van der Waals surface area contributed by atoms with Crippen LogP contribution in [0.2, 0.25) is 0 Å². The molecular formula is C24H20N4O2S. The molecule has 0 N–H and O–H groups in total. The molecule has 6 rings (SSSR count). The fourth-order valence-electron chi connectivity index (χ4n) is 4.45. The van der Waals surface area contributed by atoms with Crippen LogP contribution in [0.15, 0.2) is 58.6 Å². The minimum absolute atomic E-state index is 0.0409. The third-order valence-corrected chi connectivity index (χ3v) is 6.95. The summed E-state index contributed by atoms with van der Waals surface area (Å²) in [6.45, 7) is 4.70. The molecule has 1 aliphatic rings. The Kier molecular flexibility index (Phi) is 4.17. The Morgan fingerprint density at radius 1 is 0.968 bits per heavy atom. The van der Waals surface area contributed by atoms with Crippen molar-refractivity contribution >= 4 is 55.0 Å². The molecule has 2 aromatic carbocycles. The molecule has 154 valence electrons. The number of nitrogens with zero attached hydrogens (tertiary/aromatic N) is 4. The number of furan rings is 1. The van der Waals surface area contributed by atoms with E-state index in [1.165, 1.54) is 0 Å². The van der Waals surface area contributed by atoms with Crippen molar-refractivity contribution in [3.63, 3.8) is 0 Å². The summed E-state index contributed by atoms with van der Waals surface area (Å²) in [4.78, 5) is 27.3. The molecule has 0 spiro atoms. The van der Waals surface area contributed by atoms with Crippen LogP contribution < -0.4 is 4.90 Å². The van der Waals surface area contributed by atoms with Crippen molar-refractivity contribution in [2.24, 2.45) is 0 Å². The quantitative estimate of drug-likeness (QED) is 0.402. The van der Waals surface area contributed by atoms with Gasteiger partial charge in [-0.2, -0.15) is 0 Å². The molecule has 1 fully saturated rings. The molecule has 1 amide bonds. The van der Waals surface area contributed by atoms with Gasteiger partial charge in [-0.25, -0.2) is 9.97 Å². The highest BCUT2D eigenvalue weighted by atomic mass is 32.1. The van der Waals surface area contributed by atoms with Crippen LogP contribution in [0.4, 0.5) is 5.82 Å². The fourth-order valence-corrected chi connectivity index (χ4v) is 5.17. The number of aromatic nitrogens is 2. The number of thiophene rings is 1. The number of carbonyl (C=O) groups is 1. The summed E-state index contributed by atoms with van der Waals surface area (Å²) >= 11 is 1.62. The van der Waals surface area contributed by atoms with E-state index in [4.69, 9.17) is 4.42 Å². The Hall–Kier alpha value is -3.45. The number of piperazine rings is 1. The number of hydrogen-bond donors (Lipinski definition) is 0. The predicted molar refractivity (Wildman–Crippen MR) is 124 cm³/mol. The van der Waals surface area contributed by atoms with E-state index in [1.54, 1.807) is 17.7 Å². The molecule has 3 aromatic heterocycles. The third kappa shape index (κ3) is 2.88. The SMILES string of the molecule is Cc1c(C(=O)N2CCN(c3ncnc4sccc34)CC2)oc2c1ccc1ccccc12. The average Bonchev–Trinajstić information content (AvgIpc) is 3.43. The fraction of sp³-hybridized carbons (Fsp3) is 0.208. The van der Waals surface area contributed by atoms with Crippen LogP contribution in [0.3, 0.4) is 0 Å². The zero-order valence-electron chi connectivity index (χ0n) is 17.0. The van der Waals surface area contributed by atoms with E-state index in [2.05, 4.69) is 33.1 Å². The lowest BCUT2D eigenvalue weighted by Crippen LogP contribution is -2.49. The molecule has 0 saturated carbocycles. The highest BCUT2D eigenvalue weighted by molar-refractivity contribution is 7.16. The zero-order valence-corrected chi connectivity index (χ0v) is 17.9. The minimum atomic E-state index is -0.0409. The van der Waals surface area contributed by atoms with E-state index < -0.39 is 0 Å². The number of carbonyl (C=O) groups excluding carboxylic acids is 1. The molecule has 6 nitrogen and oxygen atoms in total. The predicted octanol–water partition coefficient (Wildman–Crippen LogP) is 4.86. The molecule has 0 bridgehead atoms. The van der Waals surface area contributed by atoms with Crippen LogP contribution in [0.25, 0.3) is 32.0 Å². The van der Waals surface area contributed by atoms with E-state index in [-0.39, 0.29) is 5.91 Å². The Morgan fingerprint density at radius 2 is 1.81 bits per heavy atom. The number of hydrogen-bond acceptors (Lipinski definition) is 6. The van der Waals surface area contributed by atoms with Gasteiger partial charge in [0.2, 0.25) is 0 Å². The van der Waals surface area contributed by atoms with Gasteiger partial charge in [-0.15, -0.1) is 11.3 Å². The number of benzene rings is 2. The van der Waals surface area contributed by atoms with Crippen LogP contribution in [0, 0.1) is 6.92 Å². The van der Waals surface area contributed by atoms with E-state index in [0.29, 0.717) is 18.8 Å². The highest BCUT2D eigenvalue weighted by Crippen LogP contribution is 2.33. The second-order valence-corrected chi connectivity index (χ2v) is 8.73. The number of fused-ring (bicyclic) bond motifs is 4. The second kappa shape index (κ2) is 7.06. The van der Waals surface area contributed by atoms with Crippen molar-refractivity contribution in [1.82, 2.24) is 14.9 Å². The number of aryl methyl sites for hydroxylation is 1.